The lowest BCUT2D eigenvalue weighted by Gasteiger charge is -2.33. The number of likely N-dealkylation sites (tertiary alicyclic amines) is 1. The van der Waals surface area contributed by atoms with Gasteiger partial charge in [-0.05, 0) is 30.5 Å². The van der Waals surface area contributed by atoms with E-state index in [1.165, 1.54) is 4.90 Å². The molecule has 0 aromatic heterocycles. The molecule has 1 aromatic rings. The Morgan fingerprint density at radius 3 is 2.35 bits per heavy atom. The van der Waals surface area contributed by atoms with Crippen LogP contribution in [0.25, 0.3) is 0 Å². The van der Waals surface area contributed by atoms with E-state index in [1.54, 1.807) is 21.2 Å². The molecule has 1 fully saturated rings. The number of nitrogens with zero attached hydrogens (tertiary/aromatic N) is 2. The molecule has 6 nitrogen and oxygen atoms in total. The van der Waals surface area contributed by atoms with Gasteiger partial charge in [-0.1, -0.05) is 12.1 Å². The molecule has 1 saturated heterocycles. The number of methoxy groups -OCH3 is 1. The number of carbonyl (C=O) groups excluding carboxylic acids is 2. The highest BCUT2D eigenvalue weighted by molar-refractivity contribution is 5.79. The average Bonchev–Trinajstić information content (AvgIpc) is 2.56. The Bertz CT molecular complexity index is 535. The van der Waals surface area contributed by atoms with Crippen molar-refractivity contribution in [1.29, 1.82) is 0 Å². The first kappa shape index (κ1) is 17.1. The first-order valence-corrected chi connectivity index (χ1v) is 7.88. The van der Waals surface area contributed by atoms with E-state index >= 15 is 0 Å². The van der Waals surface area contributed by atoms with Crippen molar-refractivity contribution in [2.45, 2.75) is 25.3 Å². The van der Waals surface area contributed by atoms with Crippen LogP contribution in [-0.2, 0) is 11.2 Å². The SMILES string of the molecule is COc1ccc(CC(=O)N2CCC(NC(=O)N(C)C)CC2)cc1. The van der Waals surface area contributed by atoms with E-state index in [9.17, 15) is 9.59 Å². The summed E-state index contributed by atoms with van der Waals surface area (Å²) in [6, 6.07) is 7.64. The third-order valence-corrected chi connectivity index (χ3v) is 4.10. The van der Waals surface area contributed by atoms with E-state index in [0.717, 1.165) is 24.2 Å². The molecule has 0 aliphatic carbocycles. The van der Waals surface area contributed by atoms with Crippen molar-refractivity contribution in [2.24, 2.45) is 0 Å². The van der Waals surface area contributed by atoms with Crippen LogP contribution in [0.3, 0.4) is 0 Å². The summed E-state index contributed by atoms with van der Waals surface area (Å²) in [7, 11) is 5.07. The molecule has 126 valence electrons. The van der Waals surface area contributed by atoms with Gasteiger partial charge in [0.25, 0.3) is 0 Å². The standard InChI is InChI=1S/C17H25N3O3/c1-19(2)17(22)18-14-8-10-20(11-9-14)16(21)12-13-4-6-15(23-3)7-5-13/h4-7,14H,8-12H2,1-3H3,(H,18,22). The van der Waals surface area contributed by atoms with Crippen molar-refractivity contribution in [1.82, 2.24) is 15.1 Å². The van der Waals surface area contributed by atoms with Crippen molar-refractivity contribution in [3.8, 4) is 5.75 Å². The minimum atomic E-state index is -0.0759. The number of piperidine rings is 1. The van der Waals surface area contributed by atoms with Gasteiger partial charge in [0.15, 0.2) is 0 Å². The molecule has 1 aromatic carbocycles. The minimum Gasteiger partial charge on any atom is -0.497 e. The Morgan fingerprint density at radius 2 is 1.83 bits per heavy atom. The Balaban J connectivity index is 1.80. The average molecular weight is 319 g/mol. The quantitative estimate of drug-likeness (QED) is 0.915. The smallest absolute Gasteiger partial charge is 0.317 e. The summed E-state index contributed by atoms with van der Waals surface area (Å²) in [5.74, 6) is 0.922. The van der Waals surface area contributed by atoms with Crippen molar-refractivity contribution < 1.29 is 14.3 Å². The second-order valence-electron chi connectivity index (χ2n) is 6.02. The predicted molar refractivity (Wildman–Crippen MR) is 88.5 cm³/mol. The van der Waals surface area contributed by atoms with Crippen molar-refractivity contribution in [3.63, 3.8) is 0 Å². The lowest BCUT2D eigenvalue weighted by molar-refractivity contribution is -0.131. The van der Waals surface area contributed by atoms with Crippen LogP contribution in [-0.4, -0.2) is 62.1 Å². The Morgan fingerprint density at radius 1 is 1.22 bits per heavy atom. The van der Waals surface area contributed by atoms with Crippen molar-refractivity contribution in [3.05, 3.63) is 29.8 Å². The molecule has 2 rings (SSSR count). The Hall–Kier alpha value is -2.24. The number of carbonyl (C=O) groups is 2. The highest BCUT2D eigenvalue weighted by Gasteiger charge is 2.24. The number of hydrogen-bond acceptors (Lipinski definition) is 3. The van der Waals surface area contributed by atoms with Gasteiger partial charge in [0.05, 0.1) is 13.5 Å². The molecule has 0 bridgehead atoms. The van der Waals surface area contributed by atoms with Crippen molar-refractivity contribution in [2.75, 3.05) is 34.3 Å². The summed E-state index contributed by atoms with van der Waals surface area (Å²) in [6.45, 7) is 1.38. The van der Waals surface area contributed by atoms with Gasteiger partial charge in [0.1, 0.15) is 5.75 Å². The summed E-state index contributed by atoms with van der Waals surface area (Å²) in [6.07, 6.45) is 2.00. The number of rotatable bonds is 4. The van der Waals surface area contributed by atoms with Crippen LogP contribution in [0.5, 0.6) is 5.75 Å². The number of nitrogens with one attached hydrogen (secondary N) is 1. The number of amides is 3. The van der Waals surface area contributed by atoms with Gasteiger partial charge in [-0.15, -0.1) is 0 Å². The zero-order valence-corrected chi connectivity index (χ0v) is 14.0. The van der Waals surface area contributed by atoms with Crippen LogP contribution in [0, 0.1) is 0 Å². The third-order valence-electron chi connectivity index (χ3n) is 4.10. The van der Waals surface area contributed by atoms with Gasteiger partial charge in [0.2, 0.25) is 5.91 Å². The van der Waals surface area contributed by atoms with Crippen LogP contribution in [0.15, 0.2) is 24.3 Å². The molecule has 6 heteroatoms. The van der Waals surface area contributed by atoms with E-state index in [1.807, 2.05) is 29.2 Å². The van der Waals surface area contributed by atoms with E-state index < -0.39 is 0 Å². The maximum atomic E-state index is 12.4. The Kier molecular flexibility index (Phi) is 5.84. The lowest BCUT2D eigenvalue weighted by atomic mass is 10.0. The zero-order valence-electron chi connectivity index (χ0n) is 14.0. The van der Waals surface area contributed by atoms with Gasteiger partial charge in [-0.25, -0.2) is 4.79 Å². The number of urea groups is 1. The fourth-order valence-corrected chi connectivity index (χ4v) is 2.61. The molecule has 0 radical (unpaired) electrons. The molecule has 1 N–H and O–H groups in total. The molecular formula is C17H25N3O3. The Labute approximate surface area is 137 Å². The molecule has 0 atom stereocenters. The maximum Gasteiger partial charge on any atom is 0.317 e. The van der Waals surface area contributed by atoms with Gasteiger partial charge in [-0.2, -0.15) is 0 Å². The van der Waals surface area contributed by atoms with Gasteiger partial charge in [-0.3, -0.25) is 4.79 Å². The first-order valence-electron chi connectivity index (χ1n) is 7.88. The zero-order chi connectivity index (χ0) is 16.8. The van der Waals surface area contributed by atoms with Crippen LogP contribution >= 0.6 is 0 Å². The highest BCUT2D eigenvalue weighted by atomic mass is 16.5. The van der Waals surface area contributed by atoms with Gasteiger partial charge >= 0.3 is 6.03 Å². The lowest BCUT2D eigenvalue weighted by Crippen LogP contribution is -2.49. The summed E-state index contributed by atoms with van der Waals surface area (Å²) in [5.41, 5.74) is 0.985. The van der Waals surface area contributed by atoms with E-state index in [-0.39, 0.29) is 18.0 Å². The minimum absolute atomic E-state index is 0.0759. The second kappa shape index (κ2) is 7.85. The molecule has 23 heavy (non-hydrogen) atoms. The van der Waals surface area contributed by atoms with Crippen LogP contribution in [0.2, 0.25) is 0 Å². The predicted octanol–water partition coefficient (Wildman–Crippen LogP) is 1.50. The molecule has 0 unspecified atom stereocenters. The molecular weight excluding hydrogens is 294 g/mol. The normalized spacial score (nSPS) is 15.2. The molecule has 1 aliphatic rings. The molecule has 0 saturated carbocycles. The molecule has 1 aliphatic heterocycles. The van der Waals surface area contributed by atoms with E-state index in [0.29, 0.717) is 19.5 Å². The summed E-state index contributed by atoms with van der Waals surface area (Å²) in [5, 5.41) is 2.98. The first-order chi connectivity index (χ1) is 11.0. The topological polar surface area (TPSA) is 61.9 Å². The fourth-order valence-electron chi connectivity index (χ4n) is 2.61. The van der Waals surface area contributed by atoms with Crippen LogP contribution in [0.4, 0.5) is 4.79 Å². The third kappa shape index (κ3) is 4.87. The maximum absolute atomic E-state index is 12.4. The molecule has 1 heterocycles. The molecule has 3 amide bonds. The monoisotopic (exact) mass is 319 g/mol. The van der Waals surface area contributed by atoms with Crippen LogP contribution in [0.1, 0.15) is 18.4 Å². The largest absolute Gasteiger partial charge is 0.497 e. The fraction of sp³-hybridized carbons (Fsp3) is 0.529. The van der Waals surface area contributed by atoms with E-state index in [4.69, 9.17) is 4.74 Å². The summed E-state index contributed by atoms with van der Waals surface area (Å²) < 4.78 is 5.12. The summed E-state index contributed by atoms with van der Waals surface area (Å²) >= 11 is 0. The van der Waals surface area contributed by atoms with Crippen molar-refractivity contribution >= 4 is 11.9 Å². The van der Waals surface area contributed by atoms with Crippen LogP contribution < -0.4 is 10.1 Å². The number of hydrogen-bond donors (Lipinski definition) is 1. The summed E-state index contributed by atoms with van der Waals surface area (Å²) in [4.78, 5) is 27.4. The number of benzene rings is 1. The molecule has 0 spiro atoms. The second-order valence-corrected chi connectivity index (χ2v) is 6.02. The van der Waals surface area contributed by atoms with E-state index in [2.05, 4.69) is 5.32 Å². The highest BCUT2D eigenvalue weighted by Crippen LogP contribution is 2.15. The van der Waals surface area contributed by atoms with Gasteiger partial charge in [0, 0.05) is 33.2 Å². The van der Waals surface area contributed by atoms with Gasteiger partial charge < -0.3 is 19.9 Å². The number of ether oxygens (including phenoxy) is 1.